The lowest BCUT2D eigenvalue weighted by Gasteiger charge is -2.37. The van der Waals surface area contributed by atoms with E-state index in [4.69, 9.17) is 4.74 Å². The molecule has 5 nitrogen and oxygen atoms in total. The predicted octanol–water partition coefficient (Wildman–Crippen LogP) is 4.21. The number of aryl methyl sites for hydroxylation is 1. The Morgan fingerprint density at radius 1 is 1.39 bits per heavy atom. The van der Waals surface area contributed by atoms with Gasteiger partial charge in [-0.2, -0.15) is 0 Å². The Morgan fingerprint density at radius 3 is 2.81 bits per heavy atom. The zero-order valence-corrected chi connectivity index (χ0v) is 19.7. The number of thiophene rings is 1. The van der Waals surface area contributed by atoms with Gasteiger partial charge >= 0.3 is 0 Å². The lowest BCUT2D eigenvalue weighted by Crippen LogP contribution is -2.49. The number of carbonyl (C=O) groups is 1. The molecule has 3 rings (SSSR count). The number of amides is 1. The maximum Gasteiger partial charge on any atom is 0.237 e. The van der Waals surface area contributed by atoms with E-state index in [0.29, 0.717) is 19.7 Å². The zero-order valence-electron chi connectivity index (χ0n) is 18.8. The number of hydrogen-bond acceptors (Lipinski definition) is 5. The summed E-state index contributed by atoms with van der Waals surface area (Å²) in [6.45, 7) is 12.1. The van der Waals surface area contributed by atoms with E-state index >= 15 is 0 Å². The van der Waals surface area contributed by atoms with Crippen LogP contribution in [0.1, 0.15) is 42.3 Å². The average Bonchev–Trinajstić information content (AvgIpc) is 3.22. The van der Waals surface area contributed by atoms with Gasteiger partial charge in [-0.1, -0.05) is 30.7 Å². The van der Waals surface area contributed by atoms with Crippen LogP contribution in [0.3, 0.4) is 0 Å². The van der Waals surface area contributed by atoms with Crippen LogP contribution in [0.4, 0.5) is 0 Å². The Balaban J connectivity index is 1.74. The highest BCUT2D eigenvalue weighted by Crippen LogP contribution is 2.34. The minimum absolute atomic E-state index is 0.0719. The summed E-state index contributed by atoms with van der Waals surface area (Å²) in [5.74, 6) is 0.887. The maximum absolute atomic E-state index is 13.4. The molecule has 0 fully saturated rings. The van der Waals surface area contributed by atoms with Gasteiger partial charge in [-0.05, 0) is 62.4 Å². The second-order valence-corrected chi connectivity index (χ2v) is 9.55. The maximum atomic E-state index is 13.4. The highest BCUT2D eigenvalue weighted by molar-refractivity contribution is 7.10. The molecule has 0 spiro atoms. The van der Waals surface area contributed by atoms with Crippen LogP contribution in [0.15, 0.2) is 48.4 Å². The topological polar surface area (TPSA) is 53.0 Å². The van der Waals surface area contributed by atoms with Gasteiger partial charge in [-0.15, -0.1) is 17.9 Å². The molecule has 2 heterocycles. The molecule has 0 radical (unpaired) electrons. The quantitative estimate of drug-likeness (QED) is 0.560. The number of ether oxygens (including phenoxy) is 1. The number of rotatable bonds is 10. The fourth-order valence-corrected chi connectivity index (χ4v) is 4.94. The molecule has 168 valence electrons. The SMILES string of the molecule is C=CC(C)(O)CN(CCC)CC(=O)N1CCc2sccc2C1COc1ccc(C)cc1. The Bertz CT molecular complexity index is 875. The third kappa shape index (κ3) is 6.19. The normalized spacial score (nSPS) is 17.8. The van der Waals surface area contributed by atoms with E-state index in [0.717, 1.165) is 25.1 Å². The summed E-state index contributed by atoms with van der Waals surface area (Å²) < 4.78 is 6.10. The molecule has 0 aliphatic carbocycles. The van der Waals surface area contributed by atoms with Gasteiger partial charge < -0.3 is 14.7 Å². The first-order valence-electron chi connectivity index (χ1n) is 11.0. The van der Waals surface area contributed by atoms with Crippen molar-refractivity contribution >= 4 is 17.2 Å². The second-order valence-electron chi connectivity index (χ2n) is 8.55. The fourth-order valence-electron chi connectivity index (χ4n) is 4.01. The van der Waals surface area contributed by atoms with Gasteiger partial charge in [0.25, 0.3) is 0 Å². The van der Waals surface area contributed by atoms with Gasteiger partial charge in [0.15, 0.2) is 0 Å². The first-order valence-corrected chi connectivity index (χ1v) is 11.8. The molecule has 1 N–H and O–H groups in total. The molecule has 0 saturated carbocycles. The average molecular weight is 443 g/mol. The molecule has 2 unspecified atom stereocenters. The molecular weight excluding hydrogens is 408 g/mol. The van der Waals surface area contributed by atoms with Gasteiger partial charge in [0, 0.05) is 18.0 Å². The molecule has 2 aromatic rings. The van der Waals surface area contributed by atoms with E-state index in [1.807, 2.05) is 34.1 Å². The summed E-state index contributed by atoms with van der Waals surface area (Å²) in [6, 6.07) is 10.0. The van der Waals surface area contributed by atoms with Crippen molar-refractivity contribution in [1.82, 2.24) is 9.80 Å². The standard InChI is InChI=1S/C25H34N2O3S/c1-5-13-26(18-25(4,29)6-2)16-24(28)27-14-11-23-21(12-15-31-23)22(27)17-30-20-9-7-19(3)8-10-20/h6-10,12,15,22,29H,2,5,11,13-14,16-18H2,1,3-4H3. The number of aliphatic hydroxyl groups is 1. The lowest BCUT2D eigenvalue weighted by molar-refractivity contribution is -0.136. The van der Waals surface area contributed by atoms with Crippen LogP contribution in [-0.4, -0.2) is 59.2 Å². The van der Waals surface area contributed by atoms with Crippen molar-refractivity contribution in [3.63, 3.8) is 0 Å². The molecule has 1 amide bonds. The van der Waals surface area contributed by atoms with Crippen LogP contribution in [0.5, 0.6) is 5.75 Å². The van der Waals surface area contributed by atoms with Gasteiger partial charge in [-0.3, -0.25) is 9.69 Å². The molecule has 1 aromatic heterocycles. The van der Waals surface area contributed by atoms with E-state index in [1.54, 1.807) is 18.3 Å². The largest absolute Gasteiger partial charge is 0.491 e. The number of nitrogens with zero attached hydrogens (tertiary/aromatic N) is 2. The van der Waals surface area contributed by atoms with E-state index < -0.39 is 5.60 Å². The second kappa shape index (κ2) is 10.4. The smallest absolute Gasteiger partial charge is 0.237 e. The van der Waals surface area contributed by atoms with Crippen LogP contribution in [-0.2, 0) is 11.2 Å². The molecule has 1 aliphatic rings. The van der Waals surface area contributed by atoms with Crippen molar-refractivity contribution in [3.05, 3.63) is 64.4 Å². The van der Waals surface area contributed by atoms with Crippen molar-refractivity contribution < 1.29 is 14.6 Å². The summed E-state index contributed by atoms with van der Waals surface area (Å²) in [7, 11) is 0. The Morgan fingerprint density at radius 2 is 2.13 bits per heavy atom. The van der Waals surface area contributed by atoms with Crippen LogP contribution < -0.4 is 4.74 Å². The molecular formula is C25H34N2O3S. The molecule has 31 heavy (non-hydrogen) atoms. The molecule has 1 aliphatic heterocycles. The van der Waals surface area contributed by atoms with Crippen molar-refractivity contribution in [3.8, 4) is 5.75 Å². The molecule has 0 saturated heterocycles. The number of hydrogen-bond donors (Lipinski definition) is 1. The highest BCUT2D eigenvalue weighted by atomic mass is 32.1. The third-order valence-corrected chi connectivity index (χ3v) is 6.72. The van der Waals surface area contributed by atoms with Gasteiger partial charge in [0.05, 0.1) is 18.2 Å². The monoisotopic (exact) mass is 442 g/mol. The molecule has 2 atom stereocenters. The molecule has 0 bridgehead atoms. The summed E-state index contributed by atoms with van der Waals surface area (Å²) in [5.41, 5.74) is 1.36. The van der Waals surface area contributed by atoms with Crippen LogP contribution in [0.2, 0.25) is 0 Å². The van der Waals surface area contributed by atoms with E-state index in [-0.39, 0.29) is 18.5 Å². The summed E-state index contributed by atoms with van der Waals surface area (Å²) in [5, 5.41) is 12.5. The predicted molar refractivity (Wildman–Crippen MR) is 127 cm³/mol. The highest BCUT2D eigenvalue weighted by Gasteiger charge is 2.33. The number of carbonyl (C=O) groups excluding carboxylic acids is 1. The van der Waals surface area contributed by atoms with Crippen LogP contribution in [0.25, 0.3) is 0 Å². The van der Waals surface area contributed by atoms with E-state index in [1.165, 1.54) is 22.1 Å². The number of benzene rings is 1. The van der Waals surface area contributed by atoms with Crippen molar-refractivity contribution in [1.29, 1.82) is 0 Å². The number of fused-ring (bicyclic) bond motifs is 1. The van der Waals surface area contributed by atoms with E-state index in [9.17, 15) is 9.90 Å². The van der Waals surface area contributed by atoms with Gasteiger partial charge in [0.1, 0.15) is 12.4 Å². The molecule has 6 heteroatoms. The summed E-state index contributed by atoms with van der Waals surface area (Å²) >= 11 is 1.75. The van der Waals surface area contributed by atoms with Crippen molar-refractivity contribution in [2.24, 2.45) is 0 Å². The first-order chi connectivity index (χ1) is 14.8. The first kappa shape index (κ1) is 23.5. The Kier molecular flexibility index (Phi) is 7.92. The summed E-state index contributed by atoms with van der Waals surface area (Å²) in [4.78, 5) is 18.7. The van der Waals surface area contributed by atoms with E-state index in [2.05, 4.69) is 31.9 Å². The van der Waals surface area contributed by atoms with Gasteiger partial charge in [-0.25, -0.2) is 0 Å². The minimum atomic E-state index is -1.02. The van der Waals surface area contributed by atoms with Crippen molar-refractivity contribution in [2.75, 3.05) is 32.8 Å². The van der Waals surface area contributed by atoms with Crippen LogP contribution >= 0.6 is 11.3 Å². The van der Waals surface area contributed by atoms with Crippen LogP contribution in [0, 0.1) is 6.92 Å². The zero-order chi connectivity index (χ0) is 22.4. The third-order valence-electron chi connectivity index (χ3n) is 5.73. The minimum Gasteiger partial charge on any atom is -0.491 e. The Labute approximate surface area is 189 Å². The molecule has 1 aromatic carbocycles. The van der Waals surface area contributed by atoms with Gasteiger partial charge in [0.2, 0.25) is 5.91 Å². The van der Waals surface area contributed by atoms with Crippen molar-refractivity contribution in [2.45, 2.75) is 45.3 Å². The lowest BCUT2D eigenvalue weighted by atomic mass is 10.00. The fraction of sp³-hybridized carbons (Fsp3) is 0.480. The summed E-state index contributed by atoms with van der Waals surface area (Å²) in [6.07, 6.45) is 3.32. The Hall–Kier alpha value is -2.15.